The molecule has 0 spiro atoms. The van der Waals surface area contributed by atoms with Crippen LogP contribution in [0.4, 0.5) is 0 Å². The molecular weight excluding hydrogens is 268 g/mol. The number of rotatable bonds is 3. The van der Waals surface area contributed by atoms with Crippen molar-refractivity contribution in [1.29, 1.82) is 0 Å². The van der Waals surface area contributed by atoms with Crippen LogP contribution < -0.4 is 10.1 Å². The summed E-state index contributed by atoms with van der Waals surface area (Å²) >= 11 is 0. The first-order valence-corrected chi connectivity index (χ1v) is 7.13. The molecule has 1 atom stereocenters. The van der Waals surface area contributed by atoms with Crippen molar-refractivity contribution < 1.29 is 14.1 Å². The average molecular weight is 286 g/mol. The minimum Gasteiger partial charge on any atom is -0.488 e. The van der Waals surface area contributed by atoms with E-state index < -0.39 is 0 Å². The van der Waals surface area contributed by atoms with Crippen LogP contribution in [0.1, 0.15) is 41.9 Å². The Morgan fingerprint density at radius 2 is 2.29 bits per heavy atom. The molecule has 21 heavy (non-hydrogen) atoms. The van der Waals surface area contributed by atoms with Gasteiger partial charge in [-0.3, -0.25) is 4.79 Å². The van der Waals surface area contributed by atoms with E-state index in [1.165, 1.54) is 0 Å². The van der Waals surface area contributed by atoms with Crippen LogP contribution in [0.5, 0.6) is 5.75 Å². The number of nitrogens with zero attached hydrogens (tertiary/aromatic N) is 1. The summed E-state index contributed by atoms with van der Waals surface area (Å²) in [4.78, 5) is 12.2. The highest BCUT2D eigenvalue weighted by atomic mass is 16.5. The van der Waals surface area contributed by atoms with E-state index in [0.717, 1.165) is 23.3 Å². The van der Waals surface area contributed by atoms with Gasteiger partial charge in [0.25, 0.3) is 5.91 Å². The molecular formula is C16H18N2O3. The van der Waals surface area contributed by atoms with Gasteiger partial charge in [-0.05, 0) is 32.4 Å². The molecule has 1 aromatic heterocycles. The van der Waals surface area contributed by atoms with Crippen LogP contribution in [0.25, 0.3) is 11.3 Å². The van der Waals surface area contributed by atoms with E-state index in [9.17, 15) is 4.79 Å². The second-order valence-corrected chi connectivity index (χ2v) is 5.41. The highest BCUT2D eigenvalue weighted by Gasteiger charge is 2.29. The smallest absolute Gasteiger partial charge is 0.274 e. The predicted octanol–water partition coefficient (Wildman–Crippen LogP) is 3.07. The van der Waals surface area contributed by atoms with Crippen LogP contribution in [-0.4, -0.2) is 17.1 Å². The summed E-state index contributed by atoms with van der Waals surface area (Å²) in [6.07, 6.45) is 0.865. The Kier molecular flexibility index (Phi) is 3.41. The molecule has 1 aromatic carbocycles. The van der Waals surface area contributed by atoms with Crippen molar-refractivity contribution >= 4 is 5.91 Å². The highest BCUT2D eigenvalue weighted by molar-refractivity contribution is 5.95. The molecule has 0 bridgehead atoms. The Balaban J connectivity index is 1.98. The lowest BCUT2D eigenvalue weighted by Gasteiger charge is -2.17. The summed E-state index contributed by atoms with van der Waals surface area (Å²) in [5.74, 6) is 1.18. The van der Waals surface area contributed by atoms with Crippen molar-refractivity contribution in [2.75, 3.05) is 0 Å². The molecule has 0 saturated carbocycles. The van der Waals surface area contributed by atoms with Crippen molar-refractivity contribution in [1.82, 2.24) is 10.5 Å². The van der Waals surface area contributed by atoms with Gasteiger partial charge >= 0.3 is 0 Å². The quantitative estimate of drug-likeness (QED) is 0.941. The van der Waals surface area contributed by atoms with Crippen LogP contribution in [0.2, 0.25) is 0 Å². The third-order valence-electron chi connectivity index (χ3n) is 3.74. The lowest BCUT2D eigenvalue weighted by atomic mass is 10.0. The van der Waals surface area contributed by atoms with Gasteiger partial charge in [-0.25, -0.2) is 0 Å². The number of carbonyl (C=O) groups is 1. The van der Waals surface area contributed by atoms with Crippen molar-refractivity contribution in [3.63, 3.8) is 0 Å². The number of hydrogen-bond donors (Lipinski definition) is 1. The Morgan fingerprint density at radius 1 is 1.48 bits per heavy atom. The molecule has 1 aliphatic heterocycles. The topological polar surface area (TPSA) is 64.4 Å². The van der Waals surface area contributed by atoms with Crippen LogP contribution >= 0.6 is 0 Å². The molecule has 1 aliphatic rings. The maximum Gasteiger partial charge on any atom is 0.274 e. The molecule has 1 unspecified atom stereocenters. The van der Waals surface area contributed by atoms with Crippen LogP contribution in [0, 0.1) is 6.92 Å². The summed E-state index contributed by atoms with van der Waals surface area (Å²) < 4.78 is 11.1. The van der Waals surface area contributed by atoms with E-state index in [0.29, 0.717) is 23.6 Å². The molecule has 1 N–H and O–H groups in total. The summed E-state index contributed by atoms with van der Waals surface area (Å²) in [7, 11) is 0. The first-order chi connectivity index (χ1) is 10.1. The van der Waals surface area contributed by atoms with Gasteiger partial charge in [-0.2, -0.15) is 0 Å². The van der Waals surface area contributed by atoms with E-state index in [2.05, 4.69) is 10.5 Å². The zero-order chi connectivity index (χ0) is 15.0. The Bertz CT molecular complexity index is 691. The van der Waals surface area contributed by atoms with E-state index in [-0.39, 0.29) is 11.9 Å². The molecule has 3 rings (SSSR count). The van der Waals surface area contributed by atoms with E-state index in [1.54, 1.807) is 0 Å². The second-order valence-electron chi connectivity index (χ2n) is 5.41. The van der Waals surface area contributed by atoms with Gasteiger partial charge in [-0.15, -0.1) is 0 Å². The number of ether oxygens (including phenoxy) is 1. The van der Waals surface area contributed by atoms with Crippen molar-refractivity contribution in [3.05, 3.63) is 35.0 Å². The molecule has 0 fully saturated rings. The summed E-state index contributed by atoms with van der Waals surface area (Å²) in [6.45, 7) is 6.28. The number of carbonyl (C=O) groups excluding carboxylic acids is 1. The molecule has 2 aromatic rings. The number of aromatic nitrogens is 1. The maximum absolute atomic E-state index is 12.2. The predicted molar refractivity (Wildman–Crippen MR) is 78.2 cm³/mol. The second kappa shape index (κ2) is 5.24. The van der Waals surface area contributed by atoms with Crippen molar-refractivity contribution in [2.24, 2.45) is 0 Å². The Morgan fingerprint density at radius 3 is 3.05 bits per heavy atom. The van der Waals surface area contributed by atoms with Crippen molar-refractivity contribution in [3.8, 4) is 17.1 Å². The van der Waals surface area contributed by atoms with E-state index >= 15 is 0 Å². The monoisotopic (exact) mass is 286 g/mol. The minimum absolute atomic E-state index is 0.101. The number of hydrogen-bond acceptors (Lipinski definition) is 4. The van der Waals surface area contributed by atoms with Gasteiger partial charge in [0.1, 0.15) is 12.4 Å². The summed E-state index contributed by atoms with van der Waals surface area (Å²) in [5.41, 5.74) is 2.99. The SMILES string of the molecule is CCC(C)NC(=O)c1noc2c1COc1ccc(C)cc1-2. The lowest BCUT2D eigenvalue weighted by Crippen LogP contribution is -2.33. The standard InChI is InChI=1S/C16H18N2O3/c1-4-10(3)17-16(19)14-12-8-20-13-6-5-9(2)7-11(13)15(12)21-18-14/h5-7,10H,4,8H2,1-3H3,(H,17,19). The fourth-order valence-electron chi connectivity index (χ4n) is 2.32. The van der Waals surface area contributed by atoms with E-state index in [1.807, 2.05) is 39.0 Å². The zero-order valence-electron chi connectivity index (χ0n) is 12.4. The third kappa shape index (κ3) is 2.39. The average Bonchev–Trinajstić information content (AvgIpc) is 2.91. The number of aryl methyl sites for hydroxylation is 1. The van der Waals surface area contributed by atoms with Crippen LogP contribution in [-0.2, 0) is 6.61 Å². The fourth-order valence-corrected chi connectivity index (χ4v) is 2.32. The number of amides is 1. The fraction of sp³-hybridized carbons (Fsp3) is 0.375. The normalized spacial score (nSPS) is 13.9. The lowest BCUT2D eigenvalue weighted by molar-refractivity contribution is 0.0928. The van der Waals surface area contributed by atoms with Gasteiger partial charge in [0.05, 0.1) is 11.1 Å². The minimum atomic E-state index is -0.214. The zero-order valence-corrected chi connectivity index (χ0v) is 12.4. The highest BCUT2D eigenvalue weighted by Crippen LogP contribution is 2.39. The van der Waals surface area contributed by atoms with Crippen molar-refractivity contribution in [2.45, 2.75) is 39.8 Å². The molecule has 0 radical (unpaired) electrons. The van der Waals surface area contributed by atoms with Crippen LogP contribution in [0.3, 0.4) is 0 Å². The van der Waals surface area contributed by atoms with E-state index in [4.69, 9.17) is 9.26 Å². The molecule has 2 heterocycles. The third-order valence-corrected chi connectivity index (χ3v) is 3.74. The van der Waals surface area contributed by atoms with Gasteiger partial charge in [0, 0.05) is 6.04 Å². The van der Waals surface area contributed by atoms with Gasteiger partial charge in [0.15, 0.2) is 11.5 Å². The molecule has 5 heteroatoms. The van der Waals surface area contributed by atoms with Gasteiger partial charge < -0.3 is 14.6 Å². The van der Waals surface area contributed by atoms with Gasteiger partial charge in [0.2, 0.25) is 0 Å². The van der Waals surface area contributed by atoms with Crippen LogP contribution in [0.15, 0.2) is 22.7 Å². The first kappa shape index (κ1) is 13.7. The van der Waals surface area contributed by atoms with Gasteiger partial charge in [-0.1, -0.05) is 23.7 Å². The number of benzene rings is 1. The number of nitrogens with one attached hydrogen (secondary N) is 1. The molecule has 1 amide bonds. The molecule has 110 valence electrons. The molecule has 0 aliphatic carbocycles. The summed E-state index contributed by atoms with van der Waals surface area (Å²) in [6, 6.07) is 5.98. The first-order valence-electron chi connectivity index (χ1n) is 7.13. The maximum atomic E-state index is 12.2. The molecule has 5 nitrogen and oxygen atoms in total. The number of fused-ring (bicyclic) bond motifs is 3. The Hall–Kier alpha value is -2.30. The molecule has 0 saturated heterocycles. The Labute approximate surface area is 123 Å². The largest absolute Gasteiger partial charge is 0.488 e. The summed E-state index contributed by atoms with van der Waals surface area (Å²) in [5, 5.41) is 6.85.